The van der Waals surface area contributed by atoms with Crippen LogP contribution >= 0.6 is 0 Å². The fourth-order valence-electron chi connectivity index (χ4n) is 2.60. The summed E-state index contributed by atoms with van der Waals surface area (Å²) in [5, 5.41) is 6.78. The Kier molecular flexibility index (Phi) is 5.20. The monoisotopic (exact) mass is 283 g/mol. The molecule has 0 radical (unpaired) electrons. The van der Waals surface area contributed by atoms with Crippen LogP contribution < -0.4 is 5.01 Å². The van der Waals surface area contributed by atoms with Crippen molar-refractivity contribution in [3.05, 3.63) is 54.3 Å². The van der Waals surface area contributed by atoms with Crippen molar-refractivity contribution in [1.29, 1.82) is 0 Å². The van der Waals surface area contributed by atoms with Gasteiger partial charge in [0.15, 0.2) is 0 Å². The summed E-state index contributed by atoms with van der Waals surface area (Å²) < 4.78 is 0. The lowest BCUT2D eigenvalue weighted by molar-refractivity contribution is 0.397. The minimum absolute atomic E-state index is 0.861. The second-order valence-corrected chi connectivity index (χ2v) is 5.30. The molecule has 1 aromatic carbocycles. The second-order valence-electron chi connectivity index (χ2n) is 5.30. The highest BCUT2D eigenvalue weighted by Gasteiger charge is 2.19. The summed E-state index contributed by atoms with van der Waals surface area (Å²) in [5.41, 5.74) is 4.70. The van der Waals surface area contributed by atoms with Crippen molar-refractivity contribution in [3.63, 3.8) is 0 Å². The Bertz CT molecular complexity index is 539. The Labute approximate surface area is 128 Å². The maximum absolute atomic E-state index is 4.83. The van der Waals surface area contributed by atoms with Crippen LogP contribution in [0.15, 0.2) is 59.4 Å². The van der Waals surface area contributed by atoms with Gasteiger partial charge in [0, 0.05) is 26.6 Å². The van der Waals surface area contributed by atoms with E-state index in [0.29, 0.717) is 0 Å². The van der Waals surface area contributed by atoms with Crippen LogP contribution in [0.1, 0.15) is 26.7 Å². The molecule has 0 saturated carbocycles. The number of hydrogen-bond acceptors (Lipinski definition) is 3. The first-order valence-electron chi connectivity index (χ1n) is 7.64. The molecule has 0 bridgehead atoms. The van der Waals surface area contributed by atoms with E-state index in [-0.39, 0.29) is 0 Å². The van der Waals surface area contributed by atoms with Crippen LogP contribution in [0.2, 0.25) is 0 Å². The van der Waals surface area contributed by atoms with Gasteiger partial charge >= 0.3 is 0 Å². The fraction of sp³-hybridized carbons (Fsp3) is 0.389. The van der Waals surface area contributed by atoms with Crippen LogP contribution in [0, 0.1) is 0 Å². The highest BCUT2D eigenvalue weighted by molar-refractivity contribution is 6.02. The summed E-state index contributed by atoms with van der Waals surface area (Å²) in [6, 6.07) is 10.2. The zero-order chi connectivity index (χ0) is 15.2. The zero-order valence-electron chi connectivity index (χ0n) is 13.3. The lowest BCUT2D eigenvalue weighted by Crippen LogP contribution is -2.30. The van der Waals surface area contributed by atoms with E-state index in [2.05, 4.69) is 43.5 Å². The van der Waals surface area contributed by atoms with E-state index in [0.717, 1.165) is 37.3 Å². The third kappa shape index (κ3) is 3.75. The van der Waals surface area contributed by atoms with E-state index in [4.69, 9.17) is 5.10 Å². The SMILES string of the molecule is C=C1CC=C(N(CC)CC)C(=NN(C)c2ccccc2)C1. The van der Waals surface area contributed by atoms with E-state index in [1.807, 2.05) is 30.3 Å². The van der Waals surface area contributed by atoms with Crippen LogP contribution in [0.4, 0.5) is 5.69 Å². The third-order valence-electron chi connectivity index (χ3n) is 3.80. The van der Waals surface area contributed by atoms with E-state index in [9.17, 15) is 0 Å². The van der Waals surface area contributed by atoms with Crippen molar-refractivity contribution in [2.45, 2.75) is 26.7 Å². The molecule has 0 saturated heterocycles. The van der Waals surface area contributed by atoms with Crippen LogP contribution in [0.5, 0.6) is 0 Å². The van der Waals surface area contributed by atoms with Gasteiger partial charge in [-0.05, 0) is 32.4 Å². The summed E-state index contributed by atoms with van der Waals surface area (Å²) in [6.45, 7) is 10.5. The van der Waals surface area contributed by atoms with Crippen LogP contribution in [0.3, 0.4) is 0 Å². The molecule has 0 aromatic heterocycles. The van der Waals surface area contributed by atoms with Crippen molar-refractivity contribution in [1.82, 2.24) is 4.90 Å². The molecule has 0 atom stereocenters. The summed E-state index contributed by atoms with van der Waals surface area (Å²) in [6.07, 6.45) is 4.08. The van der Waals surface area contributed by atoms with Gasteiger partial charge in [-0.25, -0.2) is 0 Å². The summed E-state index contributed by atoms with van der Waals surface area (Å²) >= 11 is 0. The molecule has 0 fully saturated rings. The second kappa shape index (κ2) is 7.11. The molecule has 21 heavy (non-hydrogen) atoms. The summed E-state index contributed by atoms with van der Waals surface area (Å²) in [7, 11) is 2.00. The van der Waals surface area contributed by atoms with Gasteiger partial charge in [0.1, 0.15) is 0 Å². The predicted molar refractivity (Wildman–Crippen MR) is 91.7 cm³/mol. The molecule has 1 aliphatic carbocycles. The maximum atomic E-state index is 4.83. The molecule has 0 aliphatic heterocycles. The van der Waals surface area contributed by atoms with Gasteiger partial charge in [-0.2, -0.15) is 5.10 Å². The first kappa shape index (κ1) is 15.4. The van der Waals surface area contributed by atoms with E-state index < -0.39 is 0 Å². The number of hydrazone groups is 1. The van der Waals surface area contributed by atoms with E-state index in [1.165, 1.54) is 11.3 Å². The molecule has 3 heteroatoms. The van der Waals surface area contributed by atoms with Crippen LogP contribution in [-0.4, -0.2) is 30.7 Å². The van der Waals surface area contributed by atoms with Crippen molar-refractivity contribution >= 4 is 11.4 Å². The summed E-state index contributed by atoms with van der Waals surface area (Å²) in [4.78, 5) is 2.37. The van der Waals surface area contributed by atoms with Gasteiger partial charge in [-0.1, -0.05) is 36.4 Å². The standard InChI is InChI=1S/C18H25N3/c1-5-21(6-2)18-13-12-15(3)14-17(18)19-20(4)16-10-8-7-9-11-16/h7-11,13H,3,5-6,12,14H2,1-2,4H3. The fourth-order valence-corrected chi connectivity index (χ4v) is 2.60. The van der Waals surface area contributed by atoms with Gasteiger partial charge in [-0.15, -0.1) is 0 Å². The number of allylic oxidation sites excluding steroid dienone is 3. The Morgan fingerprint density at radius 2 is 1.81 bits per heavy atom. The topological polar surface area (TPSA) is 18.8 Å². The highest BCUT2D eigenvalue weighted by atomic mass is 15.4. The molecule has 112 valence electrons. The third-order valence-corrected chi connectivity index (χ3v) is 3.80. The van der Waals surface area contributed by atoms with Gasteiger partial charge in [0.25, 0.3) is 0 Å². The molecular formula is C18H25N3. The van der Waals surface area contributed by atoms with Gasteiger partial charge < -0.3 is 4.90 Å². The Morgan fingerprint density at radius 1 is 1.14 bits per heavy atom. The maximum Gasteiger partial charge on any atom is 0.0879 e. The number of hydrogen-bond donors (Lipinski definition) is 0. The lowest BCUT2D eigenvalue weighted by atomic mass is 9.97. The number of nitrogens with zero attached hydrogens (tertiary/aromatic N) is 3. The molecule has 2 rings (SSSR count). The van der Waals surface area contributed by atoms with E-state index >= 15 is 0 Å². The van der Waals surface area contributed by atoms with Crippen molar-refractivity contribution in [2.24, 2.45) is 5.10 Å². The minimum atomic E-state index is 0.861. The lowest BCUT2D eigenvalue weighted by Gasteiger charge is -2.29. The largest absolute Gasteiger partial charge is 0.371 e. The zero-order valence-corrected chi connectivity index (χ0v) is 13.3. The average molecular weight is 283 g/mol. The minimum Gasteiger partial charge on any atom is -0.371 e. The Morgan fingerprint density at radius 3 is 2.43 bits per heavy atom. The van der Waals surface area contributed by atoms with E-state index in [1.54, 1.807) is 0 Å². The Hall–Kier alpha value is -2.03. The molecule has 0 heterocycles. The molecule has 0 amide bonds. The smallest absolute Gasteiger partial charge is 0.0879 e. The van der Waals surface area contributed by atoms with Crippen LogP contribution in [-0.2, 0) is 0 Å². The number of rotatable bonds is 5. The Balaban J connectivity index is 2.29. The first-order valence-corrected chi connectivity index (χ1v) is 7.64. The van der Waals surface area contributed by atoms with Gasteiger partial charge in [0.05, 0.1) is 17.1 Å². The average Bonchev–Trinajstić information content (AvgIpc) is 2.51. The molecule has 0 N–H and O–H groups in total. The van der Waals surface area contributed by atoms with Gasteiger partial charge in [-0.3, -0.25) is 5.01 Å². The van der Waals surface area contributed by atoms with Gasteiger partial charge in [0.2, 0.25) is 0 Å². The number of para-hydroxylation sites is 1. The normalized spacial score (nSPS) is 16.8. The highest BCUT2D eigenvalue weighted by Crippen LogP contribution is 2.23. The molecule has 1 aliphatic rings. The first-order chi connectivity index (χ1) is 10.2. The summed E-state index contributed by atoms with van der Waals surface area (Å²) in [5.74, 6) is 0. The molecule has 0 unspecified atom stereocenters. The van der Waals surface area contributed by atoms with Crippen LogP contribution in [0.25, 0.3) is 0 Å². The number of anilines is 1. The quantitative estimate of drug-likeness (QED) is 0.599. The van der Waals surface area contributed by atoms with Crippen molar-refractivity contribution < 1.29 is 0 Å². The molecule has 1 aromatic rings. The van der Waals surface area contributed by atoms with Crippen molar-refractivity contribution in [2.75, 3.05) is 25.1 Å². The molecular weight excluding hydrogens is 258 g/mol. The van der Waals surface area contributed by atoms with Crippen molar-refractivity contribution in [3.8, 4) is 0 Å². The predicted octanol–water partition coefficient (Wildman–Crippen LogP) is 4.05. The molecule has 0 spiro atoms. The molecule has 3 nitrogen and oxygen atoms in total. The number of benzene rings is 1.